The van der Waals surface area contributed by atoms with Gasteiger partial charge in [-0.3, -0.25) is 9.59 Å². The molecule has 2 aromatic carbocycles. The Hall–Kier alpha value is -2.73. The summed E-state index contributed by atoms with van der Waals surface area (Å²) >= 11 is 0. The zero-order valence-electron chi connectivity index (χ0n) is 18.6. The smallest absolute Gasteiger partial charge is 0.251 e. The maximum absolute atomic E-state index is 13.7. The fourth-order valence-electron chi connectivity index (χ4n) is 5.05. The molecule has 6 heteroatoms. The number of carbonyl (C=O) groups is 2. The van der Waals surface area contributed by atoms with Crippen LogP contribution in [-0.2, 0) is 20.7 Å². The second-order valence-corrected chi connectivity index (χ2v) is 8.97. The fourth-order valence-corrected chi connectivity index (χ4v) is 5.05. The second kappa shape index (κ2) is 9.82. The van der Waals surface area contributed by atoms with E-state index in [0.29, 0.717) is 32.5 Å². The van der Waals surface area contributed by atoms with Crippen LogP contribution in [-0.4, -0.2) is 49.6 Å². The molecule has 0 aliphatic carbocycles. The standard InChI is InChI=1S/C26H31FN2O3/c1-28-25(31)26(12-6-13-29(18-26)24(30)23-11-2-3-14-32-23)17-19-7-4-8-20(15-19)21-9-5-10-22(27)16-21/h4-5,7-10,15-16,23H,2-3,6,11-14,17-18H2,1H3,(H,28,31)/t23-,26-/m0/s1. The maximum Gasteiger partial charge on any atom is 0.251 e. The Morgan fingerprint density at radius 1 is 1.12 bits per heavy atom. The van der Waals surface area contributed by atoms with Gasteiger partial charge in [0.25, 0.3) is 5.91 Å². The maximum atomic E-state index is 13.7. The zero-order chi connectivity index (χ0) is 22.6. The lowest BCUT2D eigenvalue weighted by atomic mass is 9.74. The fraction of sp³-hybridized carbons (Fsp3) is 0.462. The van der Waals surface area contributed by atoms with Crippen molar-refractivity contribution in [1.82, 2.24) is 10.2 Å². The molecule has 32 heavy (non-hydrogen) atoms. The zero-order valence-corrected chi connectivity index (χ0v) is 18.6. The number of piperidine rings is 1. The van der Waals surface area contributed by atoms with Crippen LogP contribution >= 0.6 is 0 Å². The average molecular weight is 439 g/mol. The van der Waals surface area contributed by atoms with Crippen molar-refractivity contribution >= 4 is 11.8 Å². The highest BCUT2D eigenvalue weighted by atomic mass is 19.1. The van der Waals surface area contributed by atoms with E-state index in [9.17, 15) is 14.0 Å². The number of benzene rings is 2. The number of nitrogens with zero attached hydrogens (tertiary/aromatic N) is 1. The molecule has 2 fully saturated rings. The third-order valence-corrected chi connectivity index (χ3v) is 6.68. The van der Waals surface area contributed by atoms with Crippen molar-refractivity contribution in [2.75, 3.05) is 26.7 Å². The van der Waals surface area contributed by atoms with Crippen molar-refractivity contribution in [1.29, 1.82) is 0 Å². The van der Waals surface area contributed by atoms with E-state index in [2.05, 4.69) is 5.32 Å². The largest absolute Gasteiger partial charge is 0.368 e. The van der Waals surface area contributed by atoms with E-state index in [1.165, 1.54) is 12.1 Å². The summed E-state index contributed by atoms with van der Waals surface area (Å²) in [6.07, 6.45) is 4.36. The Kier molecular flexibility index (Phi) is 6.89. The number of rotatable bonds is 5. The van der Waals surface area contributed by atoms with Gasteiger partial charge in [0.1, 0.15) is 11.9 Å². The van der Waals surface area contributed by atoms with Gasteiger partial charge in [0.05, 0.1) is 5.41 Å². The molecule has 0 radical (unpaired) electrons. The van der Waals surface area contributed by atoms with Crippen LogP contribution in [0.3, 0.4) is 0 Å². The lowest BCUT2D eigenvalue weighted by Gasteiger charge is -2.43. The summed E-state index contributed by atoms with van der Waals surface area (Å²) in [6, 6.07) is 14.4. The van der Waals surface area contributed by atoms with E-state index in [-0.39, 0.29) is 23.7 Å². The summed E-state index contributed by atoms with van der Waals surface area (Å²) < 4.78 is 19.4. The first kappa shape index (κ1) is 22.5. The van der Waals surface area contributed by atoms with Crippen molar-refractivity contribution in [3.63, 3.8) is 0 Å². The molecule has 0 unspecified atom stereocenters. The molecule has 2 aliphatic heterocycles. The van der Waals surface area contributed by atoms with Crippen molar-refractivity contribution in [3.8, 4) is 11.1 Å². The number of hydrogen-bond acceptors (Lipinski definition) is 3. The minimum Gasteiger partial charge on any atom is -0.368 e. The highest BCUT2D eigenvalue weighted by molar-refractivity contribution is 5.86. The van der Waals surface area contributed by atoms with Crippen LogP contribution in [0.5, 0.6) is 0 Å². The molecule has 0 spiro atoms. The van der Waals surface area contributed by atoms with Gasteiger partial charge in [0.2, 0.25) is 5.91 Å². The number of halogens is 1. The molecule has 2 amide bonds. The van der Waals surface area contributed by atoms with Gasteiger partial charge in [-0.15, -0.1) is 0 Å². The van der Waals surface area contributed by atoms with Gasteiger partial charge in [0.15, 0.2) is 0 Å². The van der Waals surface area contributed by atoms with Crippen LogP contribution in [0, 0.1) is 11.2 Å². The van der Waals surface area contributed by atoms with Crippen LogP contribution in [0.2, 0.25) is 0 Å². The van der Waals surface area contributed by atoms with Gasteiger partial charge in [0, 0.05) is 26.7 Å². The summed E-state index contributed by atoms with van der Waals surface area (Å²) in [4.78, 5) is 28.0. The number of ether oxygens (including phenoxy) is 1. The molecule has 5 nitrogen and oxygen atoms in total. The average Bonchev–Trinajstić information content (AvgIpc) is 2.84. The Bertz CT molecular complexity index is 973. The molecular formula is C26H31FN2O3. The molecule has 2 heterocycles. The lowest BCUT2D eigenvalue weighted by molar-refractivity contribution is -0.152. The molecule has 2 aliphatic rings. The highest BCUT2D eigenvalue weighted by Gasteiger charge is 2.44. The quantitative estimate of drug-likeness (QED) is 0.769. The number of nitrogens with one attached hydrogen (secondary N) is 1. The number of carbonyl (C=O) groups excluding carboxylic acids is 2. The normalized spacial score (nSPS) is 23.6. The van der Waals surface area contributed by atoms with Crippen LogP contribution in [0.15, 0.2) is 48.5 Å². The first-order chi connectivity index (χ1) is 15.5. The van der Waals surface area contributed by atoms with E-state index in [4.69, 9.17) is 4.74 Å². The third kappa shape index (κ3) is 4.85. The van der Waals surface area contributed by atoms with Gasteiger partial charge in [-0.2, -0.15) is 0 Å². The van der Waals surface area contributed by atoms with Crippen LogP contribution in [0.1, 0.15) is 37.7 Å². The first-order valence-electron chi connectivity index (χ1n) is 11.5. The summed E-state index contributed by atoms with van der Waals surface area (Å²) in [5.41, 5.74) is 2.01. The predicted molar refractivity (Wildman–Crippen MR) is 121 cm³/mol. The van der Waals surface area contributed by atoms with E-state index in [1.807, 2.05) is 35.2 Å². The highest BCUT2D eigenvalue weighted by Crippen LogP contribution is 2.36. The van der Waals surface area contributed by atoms with Crippen molar-refractivity contribution in [2.24, 2.45) is 5.41 Å². The molecule has 2 aromatic rings. The topological polar surface area (TPSA) is 58.6 Å². The van der Waals surface area contributed by atoms with E-state index >= 15 is 0 Å². The van der Waals surface area contributed by atoms with Crippen molar-refractivity contribution < 1.29 is 18.7 Å². The van der Waals surface area contributed by atoms with E-state index in [0.717, 1.165) is 42.4 Å². The number of amides is 2. The predicted octanol–water partition coefficient (Wildman–Crippen LogP) is 3.96. The molecule has 1 N–H and O–H groups in total. The third-order valence-electron chi connectivity index (χ3n) is 6.68. The number of likely N-dealkylation sites (tertiary alicyclic amines) is 1. The van der Waals surface area contributed by atoms with Gasteiger partial charge >= 0.3 is 0 Å². The van der Waals surface area contributed by atoms with Gasteiger partial charge in [-0.25, -0.2) is 4.39 Å². The van der Waals surface area contributed by atoms with Gasteiger partial charge in [-0.1, -0.05) is 36.4 Å². The van der Waals surface area contributed by atoms with Crippen LogP contribution in [0.4, 0.5) is 4.39 Å². The first-order valence-corrected chi connectivity index (χ1v) is 11.5. The Balaban J connectivity index is 1.57. The molecule has 170 valence electrons. The van der Waals surface area contributed by atoms with Crippen LogP contribution in [0.25, 0.3) is 11.1 Å². The van der Waals surface area contributed by atoms with E-state index in [1.54, 1.807) is 13.1 Å². The minimum atomic E-state index is -0.697. The van der Waals surface area contributed by atoms with Crippen LogP contribution < -0.4 is 5.32 Å². The lowest BCUT2D eigenvalue weighted by Crippen LogP contribution is -2.56. The molecule has 4 rings (SSSR count). The van der Waals surface area contributed by atoms with Crippen molar-refractivity contribution in [2.45, 2.75) is 44.6 Å². The number of hydrogen-bond donors (Lipinski definition) is 1. The van der Waals surface area contributed by atoms with Crippen molar-refractivity contribution in [3.05, 3.63) is 59.9 Å². The van der Waals surface area contributed by atoms with Gasteiger partial charge < -0.3 is 15.0 Å². The Labute approximate surface area is 188 Å². The van der Waals surface area contributed by atoms with E-state index < -0.39 is 5.41 Å². The summed E-state index contributed by atoms with van der Waals surface area (Å²) in [6.45, 7) is 1.66. The molecule has 0 aromatic heterocycles. The minimum absolute atomic E-state index is 0.00573. The molecular weight excluding hydrogens is 407 g/mol. The Morgan fingerprint density at radius 3 is 2.62 bits per heavy atom. The molecule has 0 saturated carbocycles. The second-order valence-electron chi connectivity index (χ2n) is 8.97. The molecule has 0 bridgehead atoms. The molecule has 2 saturated heterocycles. The van der Waals surface area contributed by atoms with Gasteiger partial charge in [-0.05, 0) is 67.3 Å². The molecule has 2 atom stereocenters. The monoisotopic (exact) mass is 438 g/mol. The summed E-state index contributed by atoms with van der Waals surface area (Å²) in [5.74, 6) is -0.317. The Morgan fingerprint density at radius 2 is 1.91 bits per heavy atom. The SMILES string of the molecule is CNC(=O)[C@]1(Cc2cccc(-c3cccc(F)c3)c2)CCCN(C(=O)[C@@H]2CCCCO2)C1. The summed E-state index contributed by atoms with van der Waals surface area (Å²) in [5, 5.41) is 2.83. The summed E-state index contributed by atoms with van der Waals surface area (Å²) in [7, 11) is 1.65.